The lowest BCUT2D eigenvalue weighted by molar-refractivity contribution is 0.548. The van der Waals surface area contributed by atoms with Crippen LogP contribution in [-0.4, -0.2) is 20.4 Å². The third kappa shape index (κ3) is 1.83. The third-order valence-electron chi connectivity index (χ3n) is 2.01. The lowest BCUT2D eigenvalue weighted by atomic mass is 10.1. The number of aromatic nitrogens is 4. The second kappa shape index (κ2) is 4.11. The molecule has 2 aromatic heterocycles. The van der Waals surface area contributed by atoms with E-state index in [0.29, 0.717) is 11.3 Å². The Morgan fingerprint density at radius 2 is 2.33 bits per heavy atom. The van der Waals surface area contributed by atoms with E-state index >= 15 is 0 Å². The molecule has 2 aromatic rings. The summed E-state index contributed by atoms with van der Waals surface area (Å²) in [5, 5.41) is 9.92. The molecule has 0 spiro atoms. The zero-order valence-corrected chi connectivity index (χ0v) is 7.68. The van der Waals surface area contributed by atoms with Gasteiger partial charge in [-0.05, 0) is 6.07 Å². The smallest absolute Gasteiger partial charge is 0.146 e. The molecule has 0 aliphatic rings. The first-order valence-electron chi connectivity index (χ1n) is 4.24. The number of hydrogen-bond acceptors (Lipinski definition) is 5. The molecule has 0 fully saturated rings. The molecule has 0 aliphatic heterocycles. The van der Waals surface area contributed by atoms with Crippen LogP contribution in [0.15, 0.2) is 24.7 Å². The fourth-order valence-electron chi connectivity index (χ4n) is 1.30. The van der Waals surface area contributed by atoms with Crippen molar-refractivity contribution in [2.45, 2.75) is 6.04 Å². The van der Waals surface area contributed by atoms with Crippen LogP contribution in [0.3, 0.4) is 0 Å². The fraction of sp³-hybridized carbons (Fsp3) is 0.125. The Morgan fingerprint density at radius 1 is 1.47 bits per heavy atom. The summed E-state index contributed by atoms with van der Waals surface area (Å²) in [5.74, 6) is 4.90. The molecule has 0 aromatic carbocycles. The summed E-state index contributed by atoms with van der Waals surface area (Å²) in [6.45, 7) is 0. The van der Waals surface area contributed by atoms with Gasteiger partial charge in [-0.15, -0.1) is 0 Å². The number of nitrogens with zero attached hydrogens (tertiary/aromatic N) is 3. The molecule has 0 amide bonds. The molecule has 2 heterocycles. The Kier molecular flexibility index (Phi) is 2.66. The first-order valence-corrected chi connectivity index (χ1v) is 4.24. The van der Waals surface area contributed by atoms with E-state index in [1.165, 1.54) is 18.5 Å². The van der Waals surface area contributed by atoms with E-state index in [1.54, 1.807) is 0 Å². The number of hydrazine groups is 1. The Labute approximate surface area is 84.7 Å². The summed E-state index contributed by atoms with van der Waals surface area (Å²) >= 11 is 0. The molecule has 7 heteroatoms. The van der Waals surface area contributed by atoms with Crippen LogP contribution >= 0.6 is 0 Å². The van der Waals surface area contributed by atoms with Crippen molar-refractivity contribution in [2.24, 2.45) is 5.84 Å². The van der Waals surface area contributed by atoms with Gasteiger partial charge in [0.05, 0.1) is 18.4 Å². The summed E-state index contributed by atoms with van der Waals surface area (Å²) in [5.41, 5.74) is 3.36. The summed E-state index contributed by atoms with van der Waals surface area (Å²) in [7, 11) is 0. The minimum Gasteiger partial charge on any atom is -0.271 e. The highest BCUT2D eigenvalue weighted by molar-refractivity contribution is 5.24. The first kappa shape index (κ1) is 9.69. The number of rotatable bonds is 3. The molecule has 6 nitrogen and oxygen atoms in total. The summed E-state index contributed by atoms with van der Waals surface area (Å²) in [6, 6.07) is 1.00. The number of nitrogens with two attached hydrogens (primary N) is 1. The van der Waals surface area contributed by atoms with E-state index in [4.69, 9.17) is 5.84 Å². The van der Waals surface area contributed by atoms with Gasteiger partial charge < -0.3 is 0 Å². The molecule has 1 unspecified atom stereocenters. The van der Waals surface area contributed by atoms with Crippen LogP contribution in [-0.2, 0) is 0 Å². The van der Waals surface area contributed by atoms with Gasteiger partial charge in [-0.1, -0.05) is 0 Å². The predicted molar refractivity (Wildman–Crippen MR) is 49.7 cm³/mol. The summed E-state index contributed by atoms with van der Waals surface area (Å²) < 4.78 is 13.4. The molecule has 15 heavy (non-hydrogen) atoms. The van der Waals surface area contributed by atoms with Crippen molar-refractivity contribution in [3.05, 3.63) is 41.7 Å². The molecule has 4 N–H and O–H groups in total. The largest absolute Gasteiger partial charge is 0.271 e. The molecule has 0 aliphatic carbocycles. The second-order valence-electron chi connectivity index (χ2n) is 2.89. The molecule has 0 radical (unpaired) electrons. The zero-order chi connectivity index (χ0) is 10.7. The minimum atomic E-state index is -0.535. The lowest BCUT2D eigenvalue weighted by Crippen LogP contribution is -2.29. The zero-order valence-electron chi connectivity index (χ0n) is 7.68. The highest BCUT2D eigenvalue weighted by atomic mass is 19.1. The van der Waals surface area contributed by atoms with E-state index in [2.05, 4.69) is 25.8 Å². The molecular formula is C8H9FN6. The monoisotopic (exact) mass is 208 g/mol. The number of nitrogens with one attached hydrogen (secondary N) is 2. The van der Waals surface area contributed by atoms with Gasteiger partial charge in [-0.2, -0.15) is 15.4 Å². The maximum atomic E-state index is 13.4. The molecule has 2 rings (SSSR count). The predicted octanol–water partition coefficient (Wildman–Crippen LogP) is -0.109. The highest BCUT2D eigenvalue weighted by Crippen LogP contribution is 2.20. The number of aromatic amines is 1. The normalized spacial score (nSPS) is 12.7. The van der Waals surface area contributed by atoms with Gasteiger partial charge in [0.2, 0.25) is 0 Å². The maximum absolute atomic E-state index is 13.4. The average Bonchev–Trinajstić information content (AvgIpc) is 2.75. The fourth-order valence-corrected chi connectivity index (χ4v) is 1.30. The second-order valence-corrected chi connectivity index (χ2v) is 2.89. The molecule has 0 saturated heterocycles. The van der Waals surface area contributed by atoms with Gasteiger partial charge >= 0.3 is 0 Å². The van der Waals surface area contributed by atoms with E-state index < -0.39 is 11.9 Å². The molecular weight excluding hydrogens is 199 g/mol. The van der Waals surface area contributed by atoms with Crippen LogP contribution < -0.4 is 11.3 Å². The average molecular weight is 208 g/mol. The van der Waals surface area contributed by atoms with E-state index in [-0.39, 0.29) is 0 Å². The number of halogens is 1. The van der Waals surface area contributed by atoms with Gasteiger partial charge in [0, 0.05) is 11.8 Å². The molecule has 0 bridgehead atoms. The van der Waals surface area contributed by atoms with Crippen molar-refractivity contribution < 1.29 is 4.39 Å². The molecule has 0 saturated carbocycles. The van der Waals surface area contributed by atoms with Crippen molar-refractivity contribution in [3.63, 3.8) is 0 Å². The van der Waals surface area contributed by atoms with Gasteiger partial charge in [0.1, 0.15) is 11.5 Å². The van der Waals surface area contributed by atoms with Crippen LogP contribution in [0.1, 0.15) is 17.3 Å². The van der Waals surface area contributed by atoms with Crippen LogP contribution in [0.2, 0.25) is 0 Å². The van der Waals surface area contributed by atoms with Crippen molar-refractivity contribution >= 4 is 0 Å². The van der Waals surface area contributed by atoms with Crippen molar-refractivity contribution in [2.75, 3.05) is 0 Å². The summed E-state index contributed by atoms with van der Waals surface area (Å²) in [4.78, 5) is 3.66. The third-order valence-corrected chi connectivity index (χ3v) is 2.01. The van der Waals surface area contributed by atoms with Crippen LogP contribution in [0, 0.1) is 5.82 Å². The van der Waals surface area contributed by atoms with Gasteiger partial charge in [-0.3, -0.25) is 10.8 Å². The standard InChI is InChI=1S/C8H9FN6/c9-6-3-11-2-1-5(6)8(13-10)7-4-12-15-14-7/h1-4,8,13H,10H2,(H,12,14,15). The topological polar surface area (TPSA) is 92.5 Å². The van der Waals surface area contributed by atoms with Crippen LogP contribution in [0.5, 0.6) is 0 Å². The van der Waals surface area contributed by atoms with Crippen LogP contribution in [0.25, 0.3) is 0 Å². The van der Waals surface area contributed by atoms with E-state index in [9.17, 15) is 4.39 Å². The summed E-state index contributed by atoms with van der Waals surface area (Å²) in [6.07, 6.45) is 4.09. The highest BCUT2D eigenvalue weighted by Gasteiger charge is 2.18. The lowest BCUT2D eigenvalue weighted by Gasteiger charge is -2.13. The van der Waals surface area contributed by atoms with Crippen molar-refractivity contribution in [1.29, 1.82) is 0 Å². The van der Waals surface area contributed by atoms with Crippen LogP contribution in [0.4, 0.5) is 4.39 Å². The minimum absolute atomic E-state index is 0.376. The quantitative estimate of drug-likeness (QED) is 0.483. The van der Waals surface area contributed by atoms with E-state index in [1.807, 2.05) is 0 Å². The number of hydrogen-bond donors (Lipinski definition) is 3. The Morgan fingerprint density at radius 3 is 2.93 bits per heavy atom. The Bertz CT molecular complexity index is 428. The Hall–Kier alpha value is -1.86. The maximum Gasteiger partial charge on any atom is 0.146 e. The Balaban J connectivity index is 2.40. The van der Waals surface area contributed by atoms with Crippen molar-refractivity contribution in [3.8, 4) is 0 Å². The number of pyridine rings is 1. The van der Waals surface area contributed by atoms with Gasteiger partial charge in [-0.25, -0.2) is 9.82 Å². The number of H-pyrrole nitrogens is 1. The van der Waals surface area contributed by atoms with Crippen molar-refractivity contribution in [1.82, 2.24) is 25.8 Å². The molecule has 78 valence electrons. The van der Waals surface area contributed by atoms with E-state index in [0.717, 1.165) is 6.20 Å². The van der Waals surface area contributed by atoms with Gasteiger partial charge in [0.15, 0.2) is 0 Å². The first-order chi connectivity index (χ1) is 7.33. The van der Waals surface area contributed by atoms with Gasteiger partial charge in [0.25, 0.3) is 0 Å². The molecule has 1 atom stereocenters. The SMILES string of the molecule is NNC(c1cn[nH]n1)c1ccncc1F.